The zero-order valence-corrected chi connectivity index (χ0v) is 19.7. The molecule has 34 heavy (non-hydrogen) atoms. The largest absolute Gasteiger partial charge is 0.203 e. The van der Waals surface area contributed by atoms with Crippen molar-refractivity contribution in [2.45, 2.75) is 58.8 Å². The van der Waals surface area contributed by atoms with Crippen LogP contribution in [-0.4, -0.2) is 0 Å². The van der Waals surface area contributed by atoms with Gasteiger partial charge in [-0.2, -0.15) is 0 Å². The van der Waals surface area contributed by atoms with E-state index in [1.807, 2.05) is 30.3 Å². The maximum Gasteiger partial charge on any atom is 0.166 e. The van der Waals surface area contributed by atoms with Gasteiger partial charge in [-0.15, -0.1) is 0 Å². The molecule has 0 bridgehead atoms. The molecule has 3 aromatic carbocycles. The van der Waals surface area contributed by atoms with E-state index in [-0.39, 0.29) is 5.56 Å². The molecule has 178 valence electrons. The summed E-state index contributed by atoms with van der Waals surface area (Å²) in [6.07, 6.45) is 7.30. The molecule has 1 aliphatic rings. The minimum atomic E-state index is -0.802. The Morgan fingerprint density at radius 3 is 2.15 bits per heavy atom. The van der Waals surface area contributed by atoms with Crippen LogP contribution in [0.4, 0.5) is 17.6 Å². The van der Waals surface area contributed by atoms with Crippen LogP contribution in [0.1, 0.15) is 61.3 Å². The van der Waals surface area contributed by atoms with E-state index in [4.69, 9.17) is 0 Å². The van der Waals surface area contributed by atoms with Gasteiger partial charge in [-0.1, -0.05) is 68.0 Å². The number of halogens is 4. The Balaban J connectivity index is 1.41. The van der Waals surface area contributed by atoms with Gasteiger partial charge in [-0.25, -0.2) is 17.6 Å². The number of hydrogen-bond donors (Lipinski definition) is 0. The maximum atomic E-state index is 14.8. The van der Waals surface area contributed by atoms with Gasteiger partial charge in [-0.3, -0.25) is 0 Å². The summed E-state index contributed by atoms with van der Waals surface area (Å²) in [6, 6.07) is 14.2. The number of hydrogen-bond acceptors (Lipinski definition) is 0. The fourth-order valence-corrected chi connectivity index (χ4v) is 4.79. The van der Waals surface area contributed by atoms with Crippen molar-refractivity contribution in [1.29, 1.82) is 0 Å². The summed E-state index contributed by atoms with van der Waals surface area (Å²) < 4.78 is 57.9. The molecule has 0 aliphatic heterocycles. The van der Waals surface area contributed by atoms with E-state index in [1.165, 1.54) is 5.56 Å². The zero-order chi connectivity index (χ0) is 24.2. The molecule has 0 amide bonds. The normalized spacial score (nSPS) is 15.9. The van der Waals surface area contributed by atoms with Crippen LogP contribution in [0.25, 0.3) is 16.7 Å². The Morgan fingerprint density at radius 2 is 1.47 bits per heavy atom. The molecule has 0 spiro atoms. The van der Waals surface area contributed by atoms with Crippen LogP contribution < -0.4 is 0 Å². The van der Waals surface area contributed by atoms with E-state index >= 15 is 0 Å². The molecular formula is C30H30F4. The summed E-state index contributed by atoms with van der Waals surface area (Å²) in [5, 5.41) is 0. The molecule has 0 radical (unpaired) electrons. The molecule has 1 unspecified atom stereocenters. The lowest BCUT2D eigenvalue weighted by Crippen LogP contribution is -2.09. The third-order valence-corrected chi connectivity index (χ3v) is 6.93. The Hall–Kier alpha value is -2.88. The molecule has 0 aromatic heterocycles. The first-order valence-electron chi connectivity index (χ1n) is 12.1. The first-order valence-corrected chi connectivity index (χ1v) is 12.1. The van der Waals surface area contributed by atoms with Crippen LogP contribution in [0.15, 0.2) is 54.6 Å². The van der Waals surface area contributed by atoms with Gasteiger partial charge >= 0.3 is 0 Å². The highest BCUT2D eigenvalue weighted by Gasteiger charge is 2.21. The zero-order valence-electron chi connectivity index (χ0n) is 19.7. The third-order valence-electron chi connectivity index (χ3n) is 6.93. The molecule has 0 N–H and O–H groups in total. The van der Waals surface area contributed by atoms with Crippen molar-refractivity contribution in [3.05, 3.63) is 100 Å². The van der Waals surface area contributed by atoms with E-state index in [9.17, 15) is 17.6 Å². The molecule has 4 heteroatoms. The quantitative estimate of drug-likeness (QED) is 0.305. The highest BCUT2D eigenvalue weighted by Crippen LogP contribution is 2.35. The van der Waals surface area contributed by atoms with Crippen molar-refractivity contribution in [3.8, 4) is 11.1 Å². The summed E-state index contributed by atoms with van der Waals surface area (Å²) in [7, 11) is 0. The van der Waals surface area contributed by atoms with E-state index in [0.29, 0.717) is 41.0 Å². The Morgan fingerprint density at radius 1 is 0.765 bits per heavy atom. The Labute approximate surface area is 199 Å². The average molecular weight is 467 g/mol. The molecule has 0 saturated heterocycles. The SMILES string of the molecule is CCCc1ccc(-c2ccc(CCC3CC=C(c4ccc(C)c(F)c4F)CC3)c(F)c2F)cc1. The van der Waals surface area contributed by atoms with Crippen LogP contribution in [-0.2, 0) is 12.8 Å². The second kappa shape index (κ2) is 10.6. The van der Waals surface area contributed by atoms with E-state index < -0.39 is 23.3 Å². The van der Waals surface area contributed by atoms with Gasteiger partial charge in [0.25, 0.3) is 0 Å². The third kappa shape index (κ3) is 5.11. The van der Waals surface area contributed by atoms with Crippen molar-refractivity contribution in [3.63, 3.8) is 0 Å². The average Bonchev–Trinajstić information content (AvgIpc) is 2.85. The Kier molecular flexibility index (Phi) is 7.55. The molecule has 1 atom stereocenters. The van der Waals surface area contributed by atoms with Crippen molar-refractivity contribution < 1.29 is 17.6 Å². The van der Waals surface area contributed by atoms with Crippen molar-refractivity contribution in [2.75, 3.05) is 0 Å². The first-order chi connectivity index (χ1) is 16.4. The minimum Gasteiger partial charge on any atom is -0.203 e. The van der Waals surface area contributed by atoms with Crippen LogP contribution >= 0.6 is 0 Å². The van der Waals surface area contributed by atoms with Crippen LogP contribution in [0.5, 0.6) is 0 Å². The number of aryl methyl sites for hydroxylation is 3. The molecule has 3 aromatic rings. The van der Waals surface area contributed by atoms with Crippen molar-refractivity contribution in [1.82, 2.24) is 0 Å². The second-order valence-electron chi connectivity index (χ2n) is 9.31. The van der Waals surface area contributed by atoms with Crippen molar-refractivity contribution >= 4 is 5.57 Å². The fraction of sp³-hybridized carbons (Fsp3) is 0.333. The molecule has 0 fully saturated rings. The predicted octanol–water partition coefficient (Wildman–Crippen LogP) is 8.99. The number of benzene rings is 3. The molecular weight excluding hydrogens is 436 g/mol. The molecule has 4 rings (SSSR count). The van der Waals surface area contributed by atoms with E-state index in [1.54, 1.807) is 31.2 Å². The monoisotopic (exact) mass is 466 g/mol. The van der Waals surface area contributed by atoms with Gasteiger partial charge in [0.15, 0.2) is 23.3 Å². The highest BCUT2D eigenvalue weighted by molar-refractivity contribution is 5.67. The van der Waals surface area contributed by atoms with Gasteiger partial charge < -0.3 is 0 Å². The molecule has 1 aliphatic carbocycles. The molecule has 0 nitrogen and oxygen atoms in total. The lowest BCUT2D eigenvalue weighted by atomic mass is 9.83. The maximum absolute atomic E-state index is 14.8. The standard InChI is InChI=1S/C30H30F4/c1-3-4-20-6-11-23(12-7-20)26-18-16-24(28(32)30(26)34)15-10-21-8-13-22(14-9-21)25-17-5-19(2)27(31)29(25)33/h5-7,11-13,16-18,21H,3-4,8-10,14-15H2,1-2H3. The summed E-state index contributed by atoms with van der Waals surface area (Å²) in [4.78, 5) is 0. The topological polar surface area (TPSA) is 0 Å². The molecule has 0 saturated carbocycles. The molecule has 0 heterocycles. The number of allylic oxidation sites excluding steroid dienone is 2. The van der Waals surface area contributed by atoms with Crippen LogP contribution in [0, 0.1) is 36.1 Å². The lowest BCUT2D eigenvalue weighted by molar-refractivity contribution is 0.438. The van der Waals surface area contributed by atoms with Gasteiger partial charge in [-0.05, 0) is 79.2 Å². The smallest absolute Gasteiger partial charge is 0.166 e. The summed E-state index contributed by atoms with van der Waals surface area (Å²) >= 11 is 0. The van der Waals surface area contributed by atoms with Crippen LogP contribution in [0.2, 0.25) is 0 Å². The predicted molar refractivity (Wildman–Crippen MR) is 131 cm³/mol. The summed E-state index contributed by atoms with van der Waals surface area (Å²) in [6.45, 7) is 3.65. The first kappa shape index (κ1) is 24.3. The fourth-order valence-electron chi connectivity index (χ4n) is 4.79. The number of rotatable bonds is 7. The van der Waals surface area contributed by atoms with E-state index in [0.717, 1.165) is 37.7 Å². The van der Waals surface area contributed by atoms with Gasteiger partial charge in [0.2, 0.25) is 0 Å². The van der Waals surface area contributed by atoms with Gasteiger partial charge in [0.1, 0.15) is 0 Å². The second-order valence-corrected chi connectivity index (χ2v) is 9.31. The minimum absolute atomic E-state index is 0.280. The highest BCUT2D eigenvalue weighted by atomic mass is 19.2. The van der Waals surface area contributed by atoms with Gasteiger partial charge in [0, 0.05) is 11.1 Å². The Bertz CT molecular complexity index is 1190. The summed E-state index contributed by atoms with van der Waals surface area (Å²) in [5.41, 5.74) is 3.96. The van der Waals surface area contributed by atoms with Crippen LogP contribution in [0.3, 0.4) is 0 Å². The lowest BCUT2D eigenvalue weighted by Gasteiger charge is -2.23. The summed E-state index contributed by atoms with van der Waals surface area (Å²) in [5.74, 6) is -2.86. The van der Waals surface area contributed by atoms with Crippen molar-refractivity contribution in [2.24, 2.45) is 5.92 Å². The van der Waals surface area contributed by atoms with E-state index in [2.05, 4.69) is 6.92 Å². The van der Waals surface area contributed by atoms with Gasteiger partial charge in [0.05, 0.1) is 0 Å².